The number of aliphatic hydroxyl groups is 2. The van der Waals surface area contributed by atoms with E-state index >= 15 is 0 Å². The normalized spacial score (nSPS) is 33.8. The molecule has 2 aromatic rings. The number of carbonyl (C=O) groups is 1. The molecule has 3 aliphatic heterocycles. The van der Waals surface area contributed by atoms with Crippen molar-refractivity contribution in [3.63, 3.8) is 0 Å². The van der Waals surface area contributed by atoms with Crippen molar-refractivity contribution in [1.82, 2.24) is 0 Å². The standard InChI is InChI=1S/C23H24O10S/c24-8-18-22(33-32-20-2-1-3-34-20)15(25)7-19(30-18)31-21-12-6-17-16(28-10-29-17)5-11(12)4-13-14(21)9-27-23(13)26/h1-3,5-6,13-15,18-19,21-22,24-25H,4,7-10H2. The summed E-state index contributed by atoms with van der Waals surface area (Å²) >= 11 is 1.34. The largest absolute Gasteiger partial charge is 0.465 e. The Bertz CT molecular complexity index is 1040. The number of hydrogen-bond donors (Lipinski definition) is 2. The van der Waals surface area contributed by atoms with Crippen LogP contribution in [0.15, 0.2) is 29.6 Å². The molecule has 2 fully saturated rings. The number of carbonyl (C=O) groups excluding carboxylic acids is 1. The molecule has 0 bridgehead atoms. The zero-order valence-electron chi connectivity index (χ0n) is 18.0. The van der Waals surface area contributed by atoms with Crippen molar-refractivity contribution in [2.75, 3.05) is 20.0 Å². The van der Waals surface area contributed by atoms with E-state index in [1.54, 1.807) is 6.07 Å². The second-order valence-corrected chi connectivity index (χ2v) is 9.64. The number of benzene rings is 1. The predicted octanol–water partition coefficient (Wildman–Crippen LogP) is 1.73. The van der Waals surface area contributed by atoms with Crippen LogP contribution >= 0.6 is 11.3 Å². The molecule has 0 radical (unpaired) electrons. The van der Waals surface area contributed by atoms with Gasteiger partial charge in [-0.05, 0) is 47.2 Å². The summed E-state index contributed by atoms with van der Waals surface area (Å²) in [6.07, 6.45) is -3.52. The Hall–Kier alpha value is -2.41. The topological polar surface area (TPSA) is 122 Å². The van der Waals surface area contributed by atoms with E-state index in [1.165, 1.54) is 11.3 Å². The van der Waals surface area contributed by atoms with Gasteiger partial charge >= 0.3 is 5.97 Å². The second-order valence-electron chi connectivity index (χ2n) is 8.73. The molecule has 7 atom stereocenters. The summed E-state index contributed by atoms with van der Waals surface area (Å²) in [6, 6.07) is 7.30. The van der Waals surface area contributed by atoms with Crippen molar-refractivity contribution in [3.05, 3.63) is 40.8 Å². The Morgan fingerprint density at radius 2 is 2.03 bits per heavy atom. The van der Waals surface area contributed by atoms with E-state index in [2.05, 4.69) is 0 Å². The van der Waals surface area contributed by atoms with Crippen molar-refractivity contribution >= 4 is 17.3 Å². The van der Waals surface area contributed by atoms with Crippen molar-refractivity contribution in [1.29, 1.82) is 0 Å². The fourth-order valence-electron chi connectivity index (χ4n) is 5.04. The first-order valence-corrected chi connectivity index (χ1v) is 12.0. The van der Waals surface area contributed by atoms with Crippen LogP contribution in [0.4, 0.5) is 0 Å². The fraction of sp³-hybridized carbons (Fsp3) is 0.522. The smallest absolute Gasteiger partial charge is 0.309 e. The first kappa shape index (κ1) is 22.1. The lowest BCUT2D eigenvalue weighted by Crippen LogP contribution is -2.52. The molecule has 6 rings (SSSR count). The second kappa shape index (κ2) is 8.99. The molecule has 0 saturated carbocycles. The lowest BCUT2D eigenvalue weighted by Gasteiger charge is -2.41. The molecule has 182 valence electrons. The summed E-state index contributed by atoms with van der Waals surface area (Å²) in [5.74, 6) is 0.463. The van der Waals surface area contributed by atoms with Gasteiger partial charge in [0.25, 0.3) is 0 Å². The number of ether oxygens (including phenoxy) is 5. The molecule has 4 heterocycles. The fourth-order valence-corrected chi connectivity index (χ4v) is 5.56. The van der Waals surface area contributed by atoms with Gasteiger partial charge in [-0.25, -0.2) is 0 Å². The molecule has 4 aliphatic rings. The zero-order chi connectivity index (χ0) is 23.2. The van der Waals surface area contributed by atoms with Crippen LogP contribution in [0.1, 0.15) is 23.7 Å². The highest BCUT2D eigenvalue weighted by molar-refractivity contribution is 7.11. The third-order valence-electron chi connectivity index (χ3n) is 6.73. The third kappa shape index (κ3) is 3.92. The summed E-state index contributed by atoms with van der Waals surface area (Å²) in [5.41, 5.74) is 1.80. The molecule has 1 aromatic heterocycles. The van der Waals surface area contributed by atoms with E-state index in [4.69, 9.17) is 33.5 Å². The van der Waals surface area contributed by atoms with Gasteiger partial charge in [-0.1, -0.05) is 0 Å². The van der Waals surface area contributed by atoms with Crippen molar-refractivity contribution in [2.24, 2.45) is 11.8 Å². The first-order valence-electron chi connectivity index (χ1n) is 11.2. The lowest BCUT2D eigenvalue weighted by molar-refractivity contribution is -0.343. The quantitative estimate of drug-likeness (QED) is 0.350. The van der Waals surface area contributed by atoms with Crippen LogP contribution in [0, 0.1) is 11.8 Å². The number of thiophene rings is 1. The van der Waals surface area contributed by atoms with E-state index in [1.807, 2.05) is 23.6 Å². The highest BCUT2D eigenvalue weighted by Gasteiger charge is 2.49. The molecule has 0 amide bonds. The maximum Gasteiger partial charge on any atom is 0.309 e. The number of esters is 1. The highest BCUT2D eigenvalue weighted by Crippen LogP contribution is 2.49. The minimum absolute atomic E-state index is 0.0948. The molecular weight excluding hydrogens is 468 g/mol. The number of rotatable bonds is 6. The van der Waals surface area contributed by atoms with E-state index in [0.29, 0.717) is 23.0 Å². The molecule has 0 spiro atoms. The van der Waals surface area contributed by atoms with Gasteiger partial charge in [0.05, 0.1) is 31.3 Å². The van der Waals surface area contributed by atoms with Crippen LogP contribution in [0.25, 0.3) is 0 Å². The maximum absolute atomic E-state index is 12.4. The number of hydrogen-bond acceptors (Lipinski definition) is 11. The van der Waals surface area contributed by atoms with E-state index in [9.17, 15) is 15.0 Å². The summed E-state index contributed by atoms with van der Waals surface area (Å²) in [6.45, 7) is -0.0200. The van der Waals surface area contributed by atoms with Gasteiger partial charge in [-0.3, -0.25) is 4.79 Å². The first-order chi connectivity index (χ1) is 16.6. The van der Waals surface area contributed by atoms with Gasteiger partial charge < -0.3 is 38.8 Å². The van der Waals surface area contributed by atoms with Gasteiger partial charge in [0.1, 0.15) is 6.10 Å². The van der Waals surface area contributed by atoms with Crippen LogP contribution in [-0.2, 0) is 30.3 Å². The van der Waals surface area contributed by atoms with Crippen LogP contribution in [0.2, 0.25) is 0 Å². The van der Waals surface area contributed by atoms with Crippen LogP contribution in [-0.4, -0.2) is 60.8 Å². The molecule has 11 heteroatoms. The van der Waals surface area contributed by atoms with Crippen molar-refractivity contribution in [2.45, 2.75) is 43.5 Å². The molecule has 2 N–H and O–H groups in total. The minimum atomic E-state index is -1.01. The summed E-state index contributed by atoms with van der Waals surface area (Å²) in [5, 5.41) is 23.0. The Morgan fingerprint density at radius 3 is 2.82 bits per heavy atom. The Labute approximate surface area is 198 Å². The molecule has 2 saturated heterocycles. The average molecular weight is 493 g/mol. The SMILES string of the molecule is O=C1OCC2C1Cc1cc3c(cc1C2OC1CC(O)C(OOc2cccs2)C(CO)O1)OCO3. The zero-order valence-corrected chi connectivity index (χ0v) is 18.8. The van der Waals surface area contributed by atoms with Gasteiger partial charge in [0.15, 0.2) is 23.9 Å². The van der Waals surface area contributed by atoms with Gasteiger partial charge in [0, 0.05) is 12.3 Å². The summed E-state index contributed by atoms with van der Waals surface area (Å²) in [4.78, 5) is 23.1. The number of fused-ring (bicyclic) bond motifs is 3. The molecule has 34 heavy (non-hydrogen) atoms. The Kier molecular flexibility index (Phi) is 5.84. The number of aliphatic hydroxyl groups excluding tert-OH is 2. The van der Waals surface area contributed by atoms with Gasteiger partial charge in [0.2, 0.25) is 11.9 Å². The van der Waals surface area contributed by atoms with Crippen LogP contribution in [0.3, 0.4) is 0 Å². The summed E-state index contributed by atoms with van der Waals surface area (Å²) in [7, 11) is 0. The molecule has 10 nitrogen and oxygen atoms in total. The minimum Gasteiger partial charge on any atom is -0.465 e. The van der Waals surface area contributed by atoms with E-state index in [-0.39, 0.29) is 37.6 Å². The van der Waals surface area contributed by atoms with Gasteiger partial charge in [-0.2, -0.15) is 4.89 Å². The van der Waals surface area contributed by atoms with Gasteiger partial charge in [-0.15, -0.1) is 11.3 Å². The van der Waals surface area contributed by atoms with E-state index in [0.717, 1.165) is 11.1 Å². The van der Waals surface area contributed by atoms with Crippen molar-refractivity contribution in [3.8, 4) is 16.6 Å². The van der Waals surface area contributed by atoms with Crippen LogP contribution < -0.4 is 14.4 Å². The molecule has 1 aromatic carbocycles. The number of cyclic esters (lactones) is 1. The predicted molar refractivity (Wildman–Crippen MR) is 114 cm³/mol. The molecule has 7 unspecified atom stereocenters. The molecule has 1 aliphatic carbocycles. The third-order valence-corrected chi connectivity index (χ3v) is 7.46. The highest BCUT2D eigenvalue weighted by atomic mass is 32.1. The maximum atomic E-state index is 12.4. The van der Waals surface area contributed by atoms with E-state index < -0.39 is 37.3 Å². The lowest BCUT2D eigenvalue weighted by atomic mass is 9.75. The Morgan fingerprint density at radius 1 is 1.18 bits per heavy atom. The summed E-state index contributed by atoms with van der Waals surface area (Å²) < 4.78 is 28.7. The van der Waals surface area contributed by atoms with Crippen molar-refractivity contribution < 1.29 is 48.5 Å². The average Bonchev–Trinajstić information content (AvgIpc) is 3.59. The monoisotopic (exact) mass is 492 g/mol. The van der Waals surface area contributed by atoms with Crippen LogP contribution in [0.5, 0.6) is 16.6 Å². The molecular formula is C23H24O10S. The Balaban J connectivity index is 1.21.